The quantitative estimate of drug-likeness (QED) is 0.720. The molecule has 0 saturated carbocycles. The molecule has 0 aliphatic heterocycles. The summed E-state index contributed by atoms with van der Waals surface area (Å²) in [6.45, 7) is 8.63. The fourth-order valence-electron chi connectivity index (χ4n) is 2.92. The number of nitrogens with one attached hydrogen (secondary N) is 1. The van der Waals surface area contributed by atoms with Crippen LogP contribution in [-0.4, -0.2) is 15.7 Å². The number of amides is 1. The first-order valence-electron chi connectivity index (χ1n) is 8.91. The summed E-state index contributed by atoms with van der Waals surface area (Å²) in [4.78, 5) is 12.4. The van der Waals surface area contributed by atoms with Crippen LogP contribution in [0.3, 0.4) is 0 Å². The van der Waals surface area contributed by atoms with Crippen LogP contribution in [-0.2, 0) is 20.2 Å². The van der Waals surface area contributed by atoms with Gasteiger partial charge in [0, 0.05) is 24.8 Å². The van der Waals surface area contributed by atoms with E-state index >= 15 is 0 Å². The van der Waals surface area contributed by atoms with Crippen LogP contribution in [0.4, 0.5) is 0 Å². The van der Waals surface area contributed by atoms with Gasteiger partial charge >= 0.3 is 0 Å². The minimum absolute atomic E-state index is 0.254. The third-order valence-electron chi connectivity index (χ3n) is 4.68. The molecule has 0 aliphatic rings. The number of hydrogen-bond donors (Lipinski definition) is 1. The van der Waals surface area contributed by atoms with Gasteiger partial charge in [0.15, 0.2) is 5.76 Å². The van der Waals surface area contributed by atoms with Crippen molar-refractivity contribution in [3.63, 3.8) is 0 Å². The highest BCUT2D eigenvalue weighted by Crippen LogP contribution is 2.21. The van der Waals surface area contributed by atoms with Crippen LogP contribution in [0, 0.1) is 27.7 Å². The topological polar surface area (TPSA) is 69.3 Å². The zero-order chi connectivity index (χ0) is 19.6. The number of rotatable bonds is 6. The van der Waals surface area contributed by atoms with Crippen molar-refractivity contribution in [3.05, 3.63) is 69.9 Å². The van der Waals surface area contributed by atoms with Gasteiger partial charge in [-0.25, -0.2) is 0 Å². The summed E-state index contributed by atoms with van der Waals surface area (Å²) in [6.07, 6.45) is 0. The lowest BCUT2D eigenvalue weighted by atomic mass is 10.1. The fraction of sp³-hybridized carbons (Fsp3) is 0.333. The molecular weight excluding hydrogens is 342 g/mol. The molecule has 0 radical (unpaired) electrons. The van der Waals surface area contributed by atoms with E-state index in [0.29, 0.717) is 12.3 Å². The van der Waals surface area contributed by atoms with Gasteiger partial charge in [-0.1, -0.05) is 12.1 Å². The van der Waals surface area contributed by atoms with Gasteiger partial charge in [-0.3, -0.25) is 9.48 Å². The molecule has 2 aromatic heterocycles. The lowest BCUT2D eigenvalue weighted by Gasteiger charge is -2.08. The number of carbonyl (C=O) groups is 1. The Hall–Kier alpha value is -3.02. The second-order valence-electron chi connectivity index (χ2n) is 6.78. The van der Waals surface area contributed by atoms with E-state index in [0.717, 1.165) is 33.8 Å². The molecule has 6 nitrogen and oxygen atoms in total. The number of hydrogen-bond acceptors (Lipinski definition) is 4. The molecule has 1 amide bonds. The minimum Gasteiger partial charge on any atom is -0.485 e. The minimum atomic E-state index is -0.254. The van der Waals surface area contributed by atoms with Crippen molar-refractivity contribution in [2.45, 2.75) is 40.8 Å². The maximum absolute atomic E-state index is 12.4. The van der Waals surface area contributed by atoms with Gasteiger partial charge in [-0.15, -0.1) is 0 Å². The smallest absolute Gasteiger partial charge is 0.287 e. The summed E-state index contributed by atoms with van der Waals surface area (Å²) in [7, 11) is 1.89. The highest BCUT2D eigenvalue weighted by Gasteiger charge is 2.14. The van der Waals surface area contributed by atoms with Crippen molar-refractivity contribution in [3.8, 4) is 5.75 Å². The van der Waals surface area contributed by atoms with E-state index in [1.165, 1.54) is 0 Å². The molecule has 0 saturated heterocycles. The molecule has 1 N–H and O–H groups in total. The molecule has 0 spiro atoms. The van der Waals surface area contributed by atoms with Crippen LogP contribution in [0.25, 0.3) is 0 Å². The fourth-order valence-corrected chi connectivity index (χ4v) is 2.92. The second-order valence-corrected chi connectivity index (χ2v) is 6.78. The molecule has 3 rings (SSSR count). The van der Waals surface area contributed by atoms with Gasteiger partial charge in [-0.2, -0.15) is 5.10 Å². The summed E-state index contributed by atoms with van der Waals surface area (Å²) in [5.74, 6) is 1.44. The number of aromatic nitrogens is 2. The van der Waals surface area contributed by atoms with E-state index < -0.39 is 0 Å². The summed E-state index contributed by atoms with van der Waals surface area (Å²) in [5, 5.41) is 7.24. The van der Waals surface area contributed by atoms with E-state index in [-0.39, 0.29) is 18.3 Å². The number of furan rings is 1. The maximum Gasteiger partial charge on any atom is 0.287 e. The summed E-state index contributed by atoms with van der Waals surface area (Å²) in [6, 6.07) is 9.49. The van der Waals surface area contributed by atoms with E-state index in [1.807, 2.05) is 57.6 Å². The van der Waals surface area contributed by atoms with Gasteiger partial charge < -0.3 is 14.5 Å². The van der Waals surface area contributed by atoms with Crippen LogP contribution < -0.4 is 10.1 Å². The average molecular weight is 367 g/mol. The first-order valence-corrected chi connectivity index (χ1v) is 8.91. The molecule has 0 unspecified atom stereocenters. The van der Waals surface area contributed by atoms with Crippen LogP contribution in [0.1, 0.15) is 44.4 Å². The predicted octanol–water partition coefficient (Wildman–Crippen LogP) is 3.76. The Balaban J connectivity index is 1.59. The molecule has 0 fully saturated rings. The molecule has 0 atom stereocenters. The zero-order valence-electron chi connectivity index (χ0n) is 16.4. The van der Waals surface area contributed by atoms with Crippen LogP contribution in [0.2, 0.25) is 0 Å². The van der Waals surface area contributed by atoms with E-state index in [2.05, 4.69) is 10.4 Å². The molecule has 6 heteroatoms. The Morgan fingerprint density at radius 2 is 1.96 bits per heavy atom. The normalized spacial score (nSPS) is 10.9. The number of nitrogens with zero attached hydrogens (tertiary/aromatic N) is 2. The standard InChI is InChI=1S/C21H25N3O3/c1-13-6-7-14(2)20(10-13)26-12-17-8-9-19(27-17)21(25)22-11-18-15(3)23-24(5)16(18)4/h6-10H,11-12H2,1-5H3,(H,22,25). The maximum atomic E-state index is 12.4. The zero-order valence-corrected chi connectivity index (χ0v) is 16.4. The summed E-state index contributed by atoms with van der Waals surface area (Å²) in [5.41, 5.74) is 5.17. The highest BCUT2D eigenvalue weighted by atomic mass is 16.5. The highest BCUT2D eigenvalue weighted by molar-refractivity contribution is 5.91. The molecule has 3 aromatic rings. The van der Waals surface area contributed by atoms with E-state index in [4.69, 9.17) is 9.15 Å². The number of ether oxygens (including phenoxy) is 1. The van der Waals surface area contributed by atoms with Gasteiger partial charge in [-0.05, 0) is 57.0 Å². The lowest BCUT2D eigenvalue weighted by molar-refractivity contribution is 0.0919. The lowest BCUT2D eigenvalue weighted by Crippen LogP contribution is -2.23. The van der Waals surface area contributed by atoms with Crippen molar-refractivity contribution in [2.24, 2.45) is 7.05 Å². The first kappa shape index (κ1) is 18.8. The van der Waals surface area contributed by atoms with Gasteiger partial charge in [0.1, 0.15) is 18.1 Å². The summed E-state index contributed by atoms with van der Waals surface area (Å²) < 4.78 is 13.3. The molecule has 2 heterocycles. The van der Waals surface area contributed by atoms with Crippen LogP contribution >= 0.6 is 0 Å². The molecular formula is C21H25N3O3. The second kappa shape index (κ2) is 7.70. The van der Waals surface area contributed by atoms with E-state index in [9.17, 15) is 4.79 Å². The van der Waals surface area contributed by atoms with Crippen LogP contribution in [0.5, 0.6) is 5.75 Å². The predicted molar refractivity (Wildman–Crippen MR) is 103 cm³/mol. The van der Waals surface area contributed by atoms with E-state index in [1.54, 1.807) is 12.1 Å². The number of aryl methyl sites for hydroxylation is 4. The summed E-state index contributed by atoms with van der Waals surface area (Å²) >= 11 is 0. The van der Waals surface area contributed by atoms with Crippen LogP contribution in [0.15, 0.2) is 34.7 Å². The molecule has 142 valence electrons. The number of benzene rings is 1. The van der Waals surface area contributed by atoms with Gasteiger partial charge in [0.2, 0.25) is 0 Å². The Labute approximate surface area is 159 Å². The first-order chi connectivity index (χ1) is 12.8. The Bertz CT molecular complexity index is 969. The third kappa shape index (κ3) is 4.22. The average Bonchev–Trinajstić information content (AvgIpc) is 3.19. The van der Waals surface area contributed by atoms with Crippen molar-refractivity contribution >= 4 is 5.91 Å². The Morgan fingerprint density at radius 3 is 2.67 bits per heavy atom. The SMILES string of the molecule is Cc1ccc(C)c(OCc2ccc(C(=O)NCc3c(C)nn(C)c3C)o2)c1. The van der Waals surface area contributed by atoms with Crippen molar-refractivity contribution in [1.29, 1.82) is 0 Å². The Kier molecular flexibility index (Phi) is 5.35. The van der Waals surface area contributed by atoms with Gasteiger partial charge in [0.05, 0.1) is 5.69 Å². The molecule has 27 heavy (non-hydrogen) atoms. The molecule has 0 bridgehead atoms. The third-order valence-corrected chi connectivity index (χ3v) is 4.68. The van der Waals surface area contributed by atoms with Crippen molar-refractivity contribution in [1.82, 2.24) is 15.1 Å². The molecule has 0 aliphatic carbocycles. The van der Waals surface area contributed by atoms with Crippen molar-refractivity contribution < 1.29 is 13.9 Å². The largest absolute Gasteiger partial charge is 0.485 e. The monoisotopic (exact) mass is 367 g/mol. The Morgan fingerprint density at radius 1 is 1.19 bits per heavy atom. The van der Waals surface area contributed by atoms with Gasteiger partial charge in [0.25, 0.3) is 5.91 Å². The molecule has 1 aromatic carbocycles. The van der Waals surface area contributed by atoms with Crippen molar-refractivity contribution in [2.75, 3.05) is 0 Å². The number of carbonyl (C=O) groups excluding carboxylic acids is 1.